The lowest BCUT2D eigenvalue weighted by Crippen LogP contribution is -2.03. The van der Waals surface area contributed by atoms with Gasteiger partial charge in [-0.25, -0.2) is 8.78 Å². The Kier molecular flexibility index (Phi) is 4.50. The van der Waals surface area contributed by atoms with Crippen LogP contribution in [0.1, 0.15) is 36.6 Å². The minimum atomic E-state index is -1.02. The van der Waals surface area contributed by atoms with E-state index in [4.69, 9.17) is 0 Å². The molecule has 0 aliphatic heterocycles. The molecule has 1 unspecified atom stereocenters. The first-order valence-electron chi connectivity index (χ1n) is 6.68. The van der Waals surface area contributed by atoms with Crippen LogP contribution < -0.4 is 0 Å². The third kappa shape index (κ3) is 3.64. The molecule has 1 atom stereocenters. The lowest BCUT2D eigenvalue weighted by Gasteiger charge is -2.14. The molecule has 0 radical (unpaired) electrons. The summed E-state index contributed by atoms with van der Waals surface area (Å²) in [7, 11) is 0. The molecule has 0 aromatic heterocycles. The Balaban J connectivity index is 2.30. The van der Waals surface area contributed by atoms with Crippen LogP contribution in [0.2, 0.25) is 0 Å². The van der Waals surface area contributed by atoms with Crippen molar-refractivity contribution in [2.45, 2.75) is 26.4 Å². The highest BCUT2D eigenvalue weighted by molar-refractivity contribution is 5.33. The van der Waals surface area contributed by atoms with Gasteiger partial charge in [-0.15, -0.1) is 0 Å². The van der Waals surface area contributed by atoms with E-state index in [2.05, 4.69) is 13.8 Å². The van der Waals surface area contributed by atoms with Crippen molar-refractivity contribution in [2.75, 3.05) is 0 Å². The zero-order valence-electron chi connectivity index (χ0n) is 11.6. The molecule has 3 heteroatoms. The van der Waals surface area contributed by atoms with Gasteiger partial charge in [-0.1, -0.05) is 38.1 Å². The molecule has 0 fully saturated rings. The monoisotopic (exact) mass is 276 g/mol. The smallest absolute Gasteiger partial charge is 0.126 e. The van der Waals surface area contributed by atoms with Crippen molar-refractivity contribution >= 4 is 0 Å². The second-order valence-electron chi connectivity index (χ2n) is 5.45. The van der Waals surface area contributed by atoms with E-state index in [-0.39, 0.29) is 5.56 Å². The third-order valence-electron chi connectivity index (χ3n) is 3.11. The van der Waals surface area contributed by atoms with Crippen molar-refractivity contribution in [3.63, 3.8) is 0 Å². The van der Waals surface area contributed by atoms with Crippen LogP contribution in [0.5, 0.6) is 0 Å². The highest BCUT2D eigenvalue weighted by Gasteiger charge is 2.13. The molecule has 0 saturated heterocycles. The summed E-state index contributed by atoms with van der Waals surface area (Å²) in [6.07, 6.45) is -0.120. The highest BCUT2D eigenvalue weighted by Crippen LogP contribution is 2.24. The number of hydrogen-bond donors (Lipinski definition) is 1. The number of halogens is 2. The van der Waals surface area contributed by atoms with Crippen LogP contribution in [0, 0.1) is 17.6 Å². The van der Waals surface area contributed by atoms with Gasteiger partial charge in [0.15, 0.2) is 0 Å². The van der Waals surface area contributed by atoms with E-state index in [0.717, 1.165) is 30.2 Å². The van der Waals surface area contributed by atoms with E-state index < -0.39 is 17.7 Å². The van der Waals surface area contributed by atoms with E-state index in [1.54, 1.807) is 6.07 Å². The van der Waals surface area contributed by atoms with Crippen molar-refractivity contribution in [3.8, 4) is 0 Å². The first-order chi connectivity index (χ1) is 9.45. The van der Waals surface area contributed by atoms with Gasteiger partial charge in [0.05, 0.1) is 0 Å². The Hall–Kier alpha value is -1.74. The van der Waals surface area contributed by atoms with Gasteiger partial charge in [-0.05, 0) is 41.2 Å². The predicted octanol–water partition coefficient (Wildman–Crippen LogP) is 4.25. The standard InChI is InChI=1S/C17H18F2O/c1-11(2)6-12-4-3-5-13(7-12)17(20)14-8-15(18)10-16(19)9-14/h3-5,7-11,17,20H,6H2,1-2H3. The van der Waals surface area contributed by atoms with Gasteiger partial charge in [0.25, 0.3) is 0 Å². The summed E-state index contributed by atoms with van der Waals surface area (Å²) in [6, 6.07) is 10.6. The van der Waals surface area contributed by atoms with Crippen LogP contribution in [-0.4, -0.2) is 5.11 Å². The molecule has 0 heterocycles. The lowest BCUT2D eigenvalue weighted by atomic mass is 9.96. The highest BCUT2D eigenvalue weighted by atomic mass is 19.1. The van der Waals surface area contributed by atoms with E-state index >= 15 is 0 Å². The molecule has 2 aromatic carbocycles. The Bertz CT molecular complexity index is 573. The number of hydrogen-bond acceptors (Lipinski definition) is 1. The lowest BCUT2D eigenvalue weighted by molar-refractivity contribution is 0.219. The molecular weight excluding hydrogens is 258 g/mol. The van der Waals surface area contributed by atoms with Crippen molar-refractivity contribution in [3.05, 3.63) is 70.8 Å². The topological polar surface area (TPSA) is 20.2 Å². The quantitative estimate of drug-likeness (QED) is 0.885. The zero-order valence-corrected chi connectivity index (χ0v) is 11.6. The maximum atomic E-state index is 13.2. The fraction of sp³-hybridized carbons (Fsp3) is 0.294. The molecule has 106 valence electrons. The summed E-state index contributed by atoms with van der Waals surface area (Å²) in [5, 5.41) is 10.3. The van der Waals surface area contributed by atoms with E-state index in [1.165, 1.54) is 0 Å². The minimum absolute atomic E-state index is 0.226. The molecule has 1 N–H and O–H groups in total. The predicted molar refractivity (Wildman–Crippen MR) is 75.4 cm³/mol. The van der Waals surface area contributed by atoms with Crippen LogP contribution in [0.15, 0.2) is 42.5 Å². The maximum Gasteiger partial charge on any atom is 0.126 e. The van der Waals surface area contributed by atoms with Gasteiger partial charge in [-0.2, -0.15) is 0 Å². The van der Waals surface area contributed by atoms with E-state index in [0.29, 0.717) is 11.5 Å². The minimum Gasteiger partial charge on any atom is -0.384 e. The second-order valence-corrected chi connectivity index (χ2v) is 5.45. The molecule has 0 amide bonds. The summed E-state index contributed by atoms with van der Waals surface area (Å²) in [4.78, 5) is 0. The summed E-state index contributed by atoms with van der Waals surface area (Å²) in [5.41, 5.74) is 1.98. The molecular formula is C17H18F2O. The zero-order chi connectivity index (χ0) is 14.7. The Morgan fingerprint density at radius 3 is 2.20 bits per heavy atom. The normalized spacial score (nSPS) is 12.7. The first kappa shape index (κ1) is 14.7. The molecule has 20 heavy (non-hydrogen) atoms. The summed E-state index contributed by atoms with van der Waals surface area (Å²) >= 11 is 0. The number of rotatable bonds is 4. The van der Waals surface area contributed by atoms with Gasteiger partial charge in [0.2, 0.25) is 0 Å². The average Bonchev–Trinajstić information content (AvgIpc) is 2.36. The Morgan fingerprint density at radius 2 is 1.60 bits per heavy atom. The number of aliphatic hydroxyl groups excluding tert-OH is 1. The van der Waals surface area contributed by atoms with Crippen molar-refractivity contribution in [1.82, 2.24) is 0 Å². The second kappa shape index (κ2) is 6.14. The summed E-state index contributed by atoms with van der Waals surface area (Å²) in [5.74, 6) is -0.858. The molecule has 0 aliphatic rings. The van der Waals surface area contributed by atoms with Crippen molar-refractivity contribution in [2.24, 2.45) is 5.92 Å². The SMILES string of the molecule is CC(C)Cc1cccc(C(O)c2cc(F)cc(F)c2)c1. The molecule has 1 nitrogen and oxygen atoms in total. The van der Waals surface area contributed by atoms with Gasteiger partial charge < -0.3 is 5.11 Å². The number of aliphatic hydroxyl groups is 1. The van der Waals surface area contributed by atoms with Crippen molar-refractivity contribution < 1.29 is 13.9 Å². The summed E-state index contributed by atoms with van der Waals surface area (Å²) < 4.78 is 26.4. The van der Waals surface area contributed by atoms with E-state index in [1.807, 2.05) is 18.2 Å². The fourth-order valence-electron chi connectivity index (χ4n) is 2.29. The average molecular weight is 276 g/mol. The fourth-order valence-corrected chi connectivity index (χ4v) is 2.29. The third-order valence-corrected chi connectivity index (χ3v) is 3.11. The van der Waals surface area contributed by atoms with Crippen LogP contribution >= 0.6 is 0 Å². The molecule has 0 saturated carbocycles. The summed E-state index contributed by atoms with van der Waals surface area (Å²) in [6.45, 7) is 4.23. The molecule has 0 spiro atoms. The van der Waals surface area contributed by atoms with Gasteiger partial charge in [0.1, 0.15) is 17.7 Å². The van der Waals surface area contributed by atoms with Crippen LogP contribution in [0.3, 0.4) is 0 Å². The first-order valence-corrected chi connectivity index (χ1v) is 6.68. The van der Waals surface area contributed by atoms with Crippen molar-refractivity contribution in [1.29, 1.82) is 0 Å². The molecule has 0 bridgehead atoms. The van der Waals surface area contributed by atoms with Crippen LogP contribution in [-0.2, 0) is 6.42 Å². The van der Waals surface area contributed by atoms with Crippen LogP contribution in [0.25, 0.3) is 0 Å². The Labute approximate surface area is 117 Å². The van der Waals surface area contributed by atoms with Gasteiger partial charge in [-0.3, -0.25) is 0 Å². The molecule has 0 aliphatic carbocycles. The largest absolute Gasteiger partial charge is 0.384 e. The van der Waals surface area contributed by atoms with Gasteiger partial charge in [0, 0.05) is 6.07 Å². The molecule has 2 rings (SSSR count). The molecule has 2 aromatic rings. The maximum absolute atomic E-state index is 13.2. The number of benzene rings is 2. The van der Waals surface area contributed by atoms with E-state index in [9.17, 15) is 13.9 Å². The van der Waals surface area contributed by atoms with Gasteiger partial charge >= 0.3 is 0 Å². The Morgan fingerprint density at radius 1 is 0.950 bits per heavy atom. The van der Waals surface area contributed by atoms with Crippen LogP contribution in [0.4, 0.5) is 8.78 Å².